The number of aromatic amines is 2. The summed E-state index contributed by atoms with van der Waals surface area (Å²) in [5.41, 5.74) is -0.483. The standard InChI is InChI=1S/C9H15N2O13P3S/c12-5-1-6(4-2-10-9(28)11-8(4)13)22-7(5)3-21-26(17,18)24-27(19,20)23-25(14,15)16/h2,5-7,12H,1,3H2,(H,17,18)(H,19,20)(H2,14,15,16)(H2,10,11,13,28)/t5-,6-,7-/m1/s1. The van der Waals surface area contributed by atoms with Crippen molar-refractivity contribution in [2.75, 3.05) is 6.61 Å². The predicted molar refractivity (Wildman–Crippen MR) is 90.3 cm³/mol. The van der Waals surface area contributed by atoms with Crippen LogP contribution in [0.4, 0.5) is 0 Å². The highest BCUT2D eigenvalue weighted by Gasteiger charge is 2.43. The molecule has 1 aliphatic heterocycles. The first kappa shape index (κ1) is 23.7. The van der Waals surface area contributed by atoms with Gasteiger partial charge in [0.1, 0.15) is 6.10 Å². The Bertz CT molecular complexity index is 970. The lowest BCUT2D eigenvalue weighted by atomic mass is 10.1. The Labute approximate surface area is 160 Å². The first-order chi connectivity index (χ1) is 12.7. The molecule has 160 valence electrons. The monoisotopic (exact) mass is 484 g/mol. The zero-order valence-electron chi connectivity index (χ0n) is 13.5. The first-order valence-corrected chi connectivity index (χ1v) is 12.0. The lowest BCUT2D eigenvalue weighted by molar-refractivity contribution is -0.0224. The molecule has 1 aromatic rings. The van der Waals surface area contributed by atoms with Crippen molar-refractivity contribution >= 4 is 35.7 Å². The van der Waals surface area contributed by atoms with Crippen LogP contribution in [0.2, 0.25) is 0 Å². The molecular weight excluding hydrogens is 469 g/mol. The summed E-state index contributed by atoms with van der Waals surface area (Å²) in [6, 6.07) is 0. The van der Waals surface area contributed by atoms with Crippen molar-refractivity contribution in [1.82, 2.24) is 9.97 Å². The SMILES string of the molecule is O=c1[nH]c(=S)[nH]cc1[C@H]1C[C@@H](O)[C@@H](COP(=O)(O)OP(=O)(O)OP(=O)(O)O)O1. The topological polar surface area (TPSA) is 238 Å². The fraction of sp³-hybridized carbons (Fsp3) is 0.556. The molecule has 2 unspecified atom stereocenters. The minimum atomic E-state index is -5.65. The van der Waals surface area contributed by atoms with Crippen molar-refractivity contribution in [3.05, 3.63) is 26.9 Å². The fourth-order valence-corrected chi connectivity index (χ4v) is 5.39. The van der Waals surface area contributed by atoms with Gasteiger partial charge in [-0.05, 0) is 12.2 Å². The van der Waals surface area contributed by atoms with Gasteiger partial charge in [-0.1, -0.05) is 0 Å². The van der Waals surface area contributed by atoms with Crippen LogP contribution in [0.25, 0.3) is 0 Å². The zero-order valence-corrected chi connectivity index (χ0v) is 17.0. The summed E-state index contributed by atoms with van der Waals surface area (Å²) in [5, 5.41) is 9.96. The predicted octanol–water partition coefficient (Wildman–Crippen LogP) is -0.0333. The van der Waals surface area contributed by atoms with Crippen LogP contribution in [0.1, 0.15) is 18.1 Å². The van der Waals surface area contributed by atoms with Gasteiger partial charge in [0, 0.05) is 12.6 Å². The molecule has 1 aromatic heterocycles. The second-order valence-electron chi connectivity index (χ2n) is 5.38. The normalized spacial score (nSPS) is 27.2. The van der Waals surface area contributed by atoms with E-state index in [0.29, 0.717) is 0 Å². The van der Waals surface area contributed by atoms with E-state index in [1.165, 1.54) is 6.20 Å². The highest BCUT2D eigenvalue weighted by Crippen LogP contribution is 2.66. The van der Waals surface area contributed by atoms with Crippen LogP contribution in [0, 0.1) is 4.77 Å². The molecule has 0 bridgehead atoms. The third kappa shape index (κ3) is 7.04. The third-order valence-corrected chi connectivity index (χ3v) is 7.26. The zero-order chi connectivity index (χ0) is 21.3. The number of rotatable bonds is 8. The Morgan fingerprint density at radius 2 is 1.82 bits per heavy atom. The van der Waals surface area contributed by atoms with Gasteiger partial charge in [-0.3, -0.25) is 14.3 Å². The van der Waals surface area contributed by atoms with Gasteiger partial charge in [0.25, 0.3) is 5.56 Å². The van der Waals surface area contributed by atoms with Crippen LogP contribution in [-0.4, -0.2) is 53.5 Å². The van der Waals surface area contributed by atoms with Crippen LogP contribution in [0.15, 0.2) is 11.0 Å². The largest absolute Gasteiger partial charge is 0.490 e. The van der Waals surface area contributed by atoms with Crippen molar-refractivity contribution < 1.29 is 56.3 Å². The molecule has 1 aliphatic rings. The summed E-state index contributed by atoms with van der Waals surface area (Å²) in [5.74, 6) is 0. The molecule has 0 amide bonds. The van der Waals surface area contributed by atoms with E-state index in [9.17, 15) is 28.5 Å². The highest BCUT2D eigenvalue weighted by molar-refractivity contribution is 7.71. The molecule has 15 nitrogen and oxygen atoms in total. The maximum Gasteiger partial charge on any atom is 0.490 e. The van der Waals surface area contributed by atoms with E-state index in [0.717, 1.165) is 0 Å². The van der Waals surface area contributed by atoms with Gasteiger partial charge < -0.3 is 34.4 Å². The molecule has 0 spiro atoms. The van der Waals surface area contributed by atoms with Gasteiger partial charge in [0.05, 0.1) is 24.4 Å². The number of ether oxygens (including phenoxy) is 1. The summed E-state index contributed by atoms with van der Waals surface area (Å²) in [4.78, 5) is 52.1. The molecule has 19 heteroatoms. The number of phosphoric ester groups is 1. The number of aromatic nitrogens is 2. The fourth-order valence-electron chi connectivity index (χ4n) is 2.21. The van der Waals surface area contributed by atoms with Crippen LogP contribution in [0.5, 0.6) is 0 Å². The van der Waals surface area contributed by atoms with Gasteiger partial charge in [0.15, 0.2) is 4.77 Å². The van der Waals surface area contributed by atoms with Crippen LogP contribution in [-0.2, 0) is 31.6 Å². The molecule has 1 saturated heterocycles. The van der Waals surface area contributed by atoms with E-state index in [1.807, 2.05) is 0 Å². The van der Waals surface area contributed by atoms with E-state index in [1.54, 1.807) is 0 Å². The maximum absolute atomic E-state index is 11.9. The number of hydrogen-bond acceptors (Lipinski definition) is 10. The first-order valence-electron chi connectivity index (χ1n) is 7.11. The van der Waals surface area contributed by atoms with Crippen molar-refractivity contribution in [3.63, 3.8) is 0 Å². The Hall–Kier alpha value is -0.570. The number of phosphoric acid groups is 3. The highest BCUT2D eigenvalue weighted by atomic mass is 32.1. The molecule has 0 aliphatic carbocycles. The van der Waals surface area contributed by atoms with Gasteiger partial charge in [-0.2, -0.15) is 8.62 Å². The molecule has 2 heterocycles. The Kier molecular flexibility index (Phi) is 7.33. The van der Waals surface area contributed by atoms with Crippen molar-refractivity contribution in [3.8, 4) is 0 Å². The molecule has 0 aromatic carbocycles. The number of aliphatic hydroxyl groups excluding tert-OH is 1. The Morgan fingerprint density at radius 1 is 1.18 bits per heavy atom. The van der Waals surface area contributed by atoms with E-state index in [4.69, 9.17) is 31.6 Å². The number of H-pyrrole nitrogens is 2. The minimum absolute atomic E-state index is 0.0662. The average Bonchev–Trinajstić information content (AvgIpc) is 2.82. The van der Waals surface area contributed by atoms with Crippen LogP contribution < -0.4 is 5.56 Å². The molecule has 0 radical (unpaired) electrons. The van der Waals surface area contributed by atoms with Crippen LogP contribution >= 0.6 is 35.7 Å². The quantitative estimate of drug-likeness (QED) is 0.189. The number of aliphatic hydroxyl groups is 1. The summed E-state index contributed by atoms with van der Waals surface area (Å²) in [6.45, 7) is -0.831. The minimum Gasteiger partial charge on any atom is -0.390 e. The lowest BCUT2D eigenvalue weighted by Crippen LogP contribution is -2.26. The van der Waals surface area contributed by atoms with Crippen LogP contribution in [0.3, 0.4) is 0 Å². The average molecular weight is 484 g/mol. The van der Waals surface area contributed by atoms with Gasteiger partial charge in [-0.15, -0.1) is 0 Å². The molecule has 28 heavy (non-hydrogen) atoms. The molecule has 5 atom stereocenters. The Balaban J connectivity index is 1.99. The van der Waals surface area contributed by atoms with Gasteiger partial charge >= 0.3 is 23.5 Å². The number of hydrogen-bond donors (Lipinski definition) is 7. The number of nitrogens with one attached hydrogen (secondary N) is 2. The molecule has 1 fully saturated rings. The summed E-state index contributed by atoms with van der Waals surface area (Å²) >= 11 is 4.74. The molecule has 2 rings (SSSR count). The lowest BCUT2D eigenvalue weighted by Gasteiger charge is -2.19. The smallest absolute Gasteiger partial charge is 0.390 e. The summed E-state index contributed by atoms with van der Waals surface area (Å²) in [6.07, 6.45) is -2.22. The van der Waals surface area contributed by atoms with E-state index >= 15 is 0 Å². The van der Waals surface area contributed by atoms with Crippen molar-refractivity contribution in [2.24, 2.45) is 0 Å². The van der Waals surface area contributed by atoms with E-state index in [-0.39, 0.29) is 16.8 Å². The van der Waals surface area contributed by atoms with E-state index in [2.05, 4.69) is 23.1 Å². The van der Waals surface area contributed by atoms with Gasteiger partial charge in [0.2, 0.25) is 0 Å². The summed E-state index contributed by atoms with van der Waals surface area (Å²) < 4.78 is 50.4. The second-order valence-corrected chi connectivity index (χ2v) is 10.2. The van der Waals surface area contributed by atoms with Gasteiger partial charge in [-0.25, -0.2) is 13.7 Å². The maximum atomic E-state index is 11.9. The van der Waals surface area contributed by atoms with Crippen molar-refractivity contribution in [1.29, 1.82) is 0 Å². The second kappa shape index (κ2) is 8.66. The van der Waals surface area contributed by atoms with E-state index < -0.39 is 53.9 Å². The molecular formula is C9H15N2O13P3S. The molecule has 0 saturated carbocycles. The molecule has 7 N–H and O–H groups in total. The Morgan fingerprint density at radius 3 is 2.39 bits per heavy atom. The van der Waals surface area contributed by atoms with Crippen molar-refractivity contribution in [2.45, 2.75) is 24.7 Å². The summed E-state index contributed by atoms with van der Waals surface area (Å²) in [7, 11) is -16.5. The third-order valence-electron chi connectivity index (χ3n) is 3.24.